The highest BCUT2D eigenvalue weighted by atomic mass is 16.4. The van der Waals surface area contributed by atoms with E-state index in [-0.39, 0.29) is 19.3 Å². The highest BCUT2D eigenvalue weighted by molar-refractivity contribution is 5.95. The molecule has 13 nitrogen and oxygen atoms in total. The van der Waals surface area contributed by atoms with Crippen molar-refractivity contribution in [3.05, 3.63) is 54.2 Å². The van der Waals surface area contributed by atoms with E-state index in [4.69, 9.17) is 11.5 Å². The number of benzene rings is 1. The third kappa shape index (κ3) is 7.50. The minimum atomic E-state index is -1.14. The number of nitrogens with zero attached hydrogens (tertiary/aromatic N) is 2. The second-order valence-electron chi connectivity index (χ2n) is 10.4. The summed E-state index contributed by atoms with van der Waals surface area (Å²) in [6, 6.07) is 3.85. The van der Waals surface area contributed by atoms with Crippen molar-refractivity contribution in [2.45, 2.75) is 69.1 Å². The molecule has 2 aromatic heterocycles. The van der Waals surface area contributed by atoms with Crippen LogP contribution in [0, 0.1) is 0 Å². The Morgan fingerprint density at radius 2 is 1.90 bits per heavy atom. The molecular weight excluding hydrogens is 528 g/mol. The fourth-order valence-corrected chi connectivity index (χ4v) is 5.25. The number of carbonyl (C=O) groups excluding carboxylic acids is 3. The number of amides is 3. The number of hydrogen-bond donors (Lipinski definition) is 7. The minimum absolute atomic E-state index is 0.117. The first-order valence-electron chi connectivity index (χ1n) is 13.9. The van der Waals surface area contributed by atoms with Gasteiger partial charge in [0, 0.05) is 42.0 Å². The quantitative estimate of drug-likeness (QED) is 0.133. The molecule has 3 heterocycles. The van der Waals surface area contributed by atoms with Gasteiger partial charge in [0.05, 0.1) is 12.4 Å². The number of aromatic amines is 2. The highest BCUT2D eigenvalue weighted by Gasteiger charge is 2.39. The Balaban J connectivity index is 1.45. The standard InChI is InChI=1S/C28H38N8O5/c29-10-4-3-8-22(28(40)41)34-26(38)24-9-5-11-36(24)27(39)23(13-18-15-31-16-33-18)35-25(37)20(30)12-17-14-32-21-7-2-1-6-19(17)21/h1-2,6-7,14-16,20,22-24,32H,3-5,8-13,29-30H2,(H,31,33)(H,34,38)(H,35,37)(H,40,41). The summed E-state index contributed by atoms with van der Waals surface area (Å²) in [6.07, 6.45) is 7.63. The van der Waals surface area contributed by atoms with Crippen LogP contribution in [0.25, 0.3) is 10.9 Å². The first-order valence-corrected chi connectivity index (χ1v) is 13.9. The van der Waals surface area contributed by atoms with Crippen molar-refractivity contribution in [3.8, 4) is 0 Å². The maximum absolute atomic E-state index is 13.8. The van der Waals surface area contributed by atoms with E-state index in [1.54, 1.807) is 6.20 Å². The van der Waals surface area contributed by atoms with Crippen molar-refractivity contribution in [2.75, 3.05) is 13.1 Å². The Morgan fingerprint density at radius 1 is 1.10 bits per heavy atom. The van der Waals surface area contributed by atoms with E-state index in [9.17, 15) is 24.3 Å². The summed E-state index contributed by atoms with van der Waals surface area (Å²) in [6.45, 7) is 0.735. The average Bonchev–Trinajstić information content (AvgIpc) is 3.73. The number of aromatic nitrogens is 3. The lowest BCUT2D eigenvalue weighted by Crippen LogP contribution is -2.57. The van der Waals surface area contributed by atoms with Crippen molar-refractivity contribution in [3.63, 3.8) is 0 Å². The molecule has 3 amide bonds. The van der Waals surface area contributed by atoms with Crippen LogP contribution in [0.15, 0.2) is 43.0 Å². The van der Waals surface area contributed by atoms with E-state index in [0.29, 0.717) is 44.5 Å². The molecule has 0 radical (unpaired) electrons. The molecule has 4 atom stereocenters. The van der Waals surface area contributed by atoms with Crippen LogP contribution in [-0.4, -0.2) is 85.9 Å². The predicted molar refractivity (Wildman–Crippen MR) is 151 cm³/mol. The first kappa shape index (κ1) is 29.7. The van der Waals surface area contributed by atoms with Crippen molar-refractivity contribution in [2.24, 2.45) is 11.5 Å². The molecule has 0 spiro atoms. The molecule has 1 aliphatic heterocycles. The molecule has 0 aliphatic carbocycles. The van der Waals surface area contributed by atoms with Gasteiger partial charge >= 0.3 is 5.97 Å². The molecule has 1 fully saturated rings. The molecule has 0 bridgehead atoms. The molecule has 220 valence electrons. The van der Waals surface area contributed by atoms with Crippen LogP contribution in [0.2, 0.25) is 0 Å². The van der Waals surface area contributed by atoms with Gasteiger partial charge in [0.15, 0.2) is 0 Å². The number of imidazole rings is 1. The molecule has 1 saturated heterocycles. The number of carbonyl (C=O) groups is 4. The molecule has 4 unspecified atom stereocenters. The second-order valence-corrected chi connectivity index (χ2v) is 10.4. The minimum Gasteiger partial charge on any atom is -0.480 e. The van der Waals surface area contributed by atoms with Crippen molar-refractivity contribution >= 4 is 34.6 Å². The number of para-hydroxylation sites is 1. The molecule has 1 aliphatic rings. The van der Waals surface area contributed by atoms with Gasteiger partial charge in [-0.25, -0.2) is 9.78 Å². The van der Waals surface area contributed by atoms with Gasteiger partial charge in [-0.1, -0.05) is 18.2 Å². The summed E-state index contributed by atoms with van der Waals surface area (Å²) in [7, 11) is 0. The molecule has 9 N–H and O–H groups in total. The lowest BCUT2D eigenvalue weighted by molar-refractivity contribution is -0.145. The number of carboxylic acids is 1. The van der Waals surface area contributed by atoms with E-state index in [0.717, 1.165) is 16.5 Å². The van der Waals surface area contributed by atoms with Gasteiger partial charge in [0.1, 0.15) is 18.1 Å². The molecule has 3 aromatic rings. The summed E-state index contributed by atoms with van der Waals surface area (Å²) >= 11 is 0. The van der Waals surface area contributed by atoms with E-state index < -0.39 is 47.9 Å². The van der Waals surface area contributed by atoms with E-state index >= 15 is 0 Å². The van der Waals surface area contributed by atoms with Gasteiger partial charge in [-0.3, -0.25) is 14.4 Å². The van der Waals surface area contributed by atoms with Crippen LogP contribution < -0.4 is 22.1 Å². The van der Waals surface area contributed by atoms with Crippen molar-refractivity contribution < 1.29 is 24.3 Å². The Kier molecular flexibility index (Phi) is 10.1. The second kappa shape index (κ2) is 13.9. The van der Waals surface area contributed by atoms with Crippen LogP contribution in [0.3, 0.4) is 0 Å². The number of carboxylic acid groups (broad SMARTS) is 1. The van der Waals surface area contributed by atoms with Crippen molar-refractivity contribution in [1.29, 1.82) is 0 Å². The summed E-state index contributed by atoms with van der Waals surface area (Å²) in [5.41, 5.74) is 14.2. The van der Waals surface area contributed by atoms with E-state index in [1.807, 2.05) is 30.5 Å². The Hall–Kier alpha value is -4.23. The average molecular weight is 567 g/mol. The fourth-order valence-electron chi connectivity index (χ4n) is 5.25. The summed E-state index contributed by atoms with van der Waals surface area (Å²) in [4.78, 5) is 63.4. The number of rotatable bonds is 14. The van der Waals surface area contributed by atoms with Crippen LogP contribution in [-0.2, 0) is 32.0 Å². The zero-order chi connectivity index (χ0) is 29.4. The van der Waals surface area contributed by atoms with Crippen LogP contribution in [0.1, 0.15) is 43.4 Å². The largest absolute Gasteiger partial charge is 0.480 e. The molecule has 0 saturated carbocycles. The maximum Gasteiger partial charge on any atom is 0.326 e. The molecule has 1 aromatic carbocycles. The predicted octanol–water partition coefficient (Wildman–Crippen LogP) is 0.178. The normalized spacial score (nSPS) is 17.2. The van der Waals surface area contributed by atoms with Crippen molar-refractivity contribution in [1.82, 2.24) is 30.5 Å². The number of fused-ring (bicyclic) bond motifs is 1. The lowest BCUT2D eigenvalue weighted by atomic mass is 10.0. The number of nitrogens with two attached hydrogens (primary N) is 2. The molecular formula is C28H38N8O5. The Labute approximate surface area is 237 Å². The van der Waals surface area contributed by atoms with Gasteiger partial charge in [0.2, 0.25) is 17.7 Å². The topological polar surface area (TPSA) is 212 Å². The van der Waals surface area contributed by atoms with Gasteiger partial charge < -0.3 is 42.1 Å². The molecule has 41 heavy (non-hydrogen) atoms. The van der Waals surface area contributed by atoms with Crippen LogP contribution in [0.4, 0.5) is 0 Å². The number of nitrogens with one attached hydrogen (secondary N) is 4. The highest BCUT2D eigenvalue weighted by Crippen LogP contribution is 2.21. The Morgan fingerprint density at radius 3 is 2.63 bits per heavy atom. The third-order valence-corrected chi connectivity index (χ3v) is 7.45. The number of H-pyrrole nitrogens is 2. The zero-order valence-electron chi connectivity index (χ0n) is 22.8. The van der Waals surface area contributed by atoms with Crippen LogP contribution >= 0.6 is 0 Å². The lowest BCUT2D eigenvalue weighted by Gasteiger charge is -2.30. The van der Waals surface area contributed by atoms with Crippen LogP contribution in [0.5, 0.6) is 0 Å². The van der Waals surface area contributed by atoms with Gasteiger partial charge in [-0.05, 0) is 56.7 Å². The third-order valence-electron chi connectivity index (χ3n) is 7.45. The fraction of sp³-hybridized carbons (Fsp3) is 0.464. The maximum atomic E-state index is 13.8. The van der Waals surface area contributed by atoms with Gasteiger partial charge in [-0.2, -0.15) is 0 Å². The summed E-state index contributed by atoms with van der Waals surface area (Å²) in [5.74, 6) is -2.61. The van der Waals surface area contributed by atoms with Gasteiger partial charge in [0.25, 0.3) is 0 Å². The summed E-state index contributed by atoms with van der Waals surface area (Å²) in [5, 5.41) is 15.9. The Bertz CT molecular complexity index is 1340. The SMILES string of the molecule is NCCCCC(NC(=O)C1CCCN1C(=O)C(Cc1cnc[nH]1)NC(=O)C(N)Cc1c[nH]c2ccccc12)C(=O)O. The molecule has 13 heteroatoms. The number of likely N-dealkylation sites (tertiary alicyclic amines) is 1. The van der Waals surface area contributed by atoms with E-state index in [1.165, 1.54) is 11.2 Å². The van der Waals surface area contributed by atoms with Gasteiger partial charge in [-0.15, -0.1) is 0 Å². The zero-order valence-corrected chi connectivity index (χ0v) is 22.8. The first-order chi connectivity index (χ1) is 19.8. The number of unbranched alkanes of at least 4 members (excludes halogenated alkanes) is 1. The monoisotopic (exact) mass is 566 g/mol. The van der Waals surface area contributed by atoms with E-state index in [2.05, 4.69) is 25.6 Å². The summed E-state index contributed by atoms with van der Waals surface area (Å²) < 4.78 is 0. The molecule has 4 rings (SSSR count). The smallest absolute Gasteiger partial charge is 0.326 e. The number of hydrogen-bond acceptors (Lipinski definition) is 7. The number of aliphatic carboxylic acids is 1.